The summed E-state index contributed by atoms with van der Waals surface area (Å²) in [5.74, 6) is -0.0319. The second kappa shape index (κ2) is 8.72. The molecule has 1 atom stereocenters. The molecule has 1 aromatic rings. The van der Waals surface area contributed by atoms with Crippen LogP contribution in [0.4, 0.5) is 10.5 Å². The molecule has 6 heteroatoms. The molecule has 1 aromatic carbocycles. The molecule has 0 aliphatic heterocycles. The van der Waals surface area contributed by atoms with E-state index in [4.69, 9.17) is 0 Å². The van der Waals surface area contributed by atoms with Crippen LogP contribution in [-0.4, -0.2) is 25.7 Å². The third kappa shape index (κ3) is 6.44. The van der Waals surface area contributed by atoms with Crippen LogP contribution in [-0.2, 0) is 15.6 Å². The lowest BCUT2D eigenvalue weighted by Gasteiger charge is -2.16. The van der Waals surface area contributed by atoms with Gasteiger partial charge in [-0.1, -0.05) is 25.1 Å². The largest absolute Gasteiger partial charge is 0.335 e. The van der Waals surface area contributed by atoms with Gasteiger partial charge in [-0.15, -0.1) is 6.58 Å². The molecule has 0 unspecified atom stereocenters. The first-order valence-electron chi connectivity index (χ1n) is 7.77. The van der Waals surface area contributed by atoms with Gasteiger partial charge in [-0.3, -0.25) is 0 Å². The summed E-state index contributed by atoms with van der Waals surface area (Å²) < 4.78 is 24.0. The summed E-state index contributed by atoms with van der Waals surface area (Å²) in [6.45, 7) is 8.99. The van der Waals surface area contributed by atoms with Crippen molar-refractivity contribution in [1.29, 1.82) is 0 Å². The van der Waals surface area contributed by atoms with Crippen LogP contribution in [0.2, 0.25) is 0 Å². The van der Waals surface area contributed by atoms with Gasteiger partial charge in [0.1, 0.15) is 0 Å². The van der Waals surface area contributed by atoms with Crippen molar-refractivity contribution < 1.29 is 13.2 Å². The molecule has 23 heavy (non-hydrogen) atoms. The van der Waals surface area contributed by atoms with E-state index >= 15 is 0 Å². The van der Waals surface area contributed by atoms with Gasteiger partial charge in [-0.05, 0) is 44.4 Å². The van der Waals surface area contributed by atoms with Crippen LogP contribution in [0.15, 0.2) is 36.9 Å². The second-order valence-electron chi connectivity index (χ2n) is 5.78. The number of rotatable bonds is 8. The molecule has 0 saturated carbocycles. The van der Waals surface area contributed by atoms with E-state index in [9.17, 15) is 13.2 Å². The van der Waals surface area contributed by atoms with Crippen LogP contribution in [0, 0.1) is 0 Å². The molecule has 128 valence electrons. The molecule has 0 fully saturated rings. The molecule has 0 saturated heterocycles. The zero-order valence-electron chi connectivity index (χ0n) is 14.0. The number of urea groups is 1. The highest BCUT2D eigenvalue weighted by Crippen LogP contribution is 2.16. The van der Waals surface area contributed by atoms with Gasteiger partial charge in [0.2, 0.25) is 0 Å². The molecule has 0 aliphatic carbocycles. The molecule has 0 spiro atoms. The van der Waals surface area contributed by atoms with Gasteiger partial charge in [0.15, 0.2) is 9.84 Å². The Hall–Kier alpha value is -1.82. The van der Waals surface area contributed by atoms with E-state index in [1.165, 1.54) is 0 Å². The smallest absolute Gasteiger partial charge is 0.319 e. The van der Waals surface area contributed by atoms with E-state index in [0.717, 1.165) is 6.42 Å². The van der Waals surface area contributed by atoms with E-state index in [-0.39, 0.29) is 17.8 Å². The van der Waals surface area contributed by atoms with Crippen molar-refractivity contribution in [3.63, 3.8) is 0 Å². The van der Waals surface area contributed by atoms with Crippen molar-refractivity contribution >= 4 is 21.6 Å². The average Bonchev–Trinajstić information content (AvgIpc) is 2.46. The van der Waals surface area contributed by atoms with Crippen LogP contribution in [0.1, 0.15) is 39.2 Å². The van der Waals surface area contributed by atoms with Crippen LogP contribution < -0.4 is 10.6 Å². The lowest BCUT2D eigenvalue weighted by atomic mass is 10.1. The lowest BCUT2D eigenvalue weighted by Crippen LogP contribution is -2.37. The number of hydrogen-bond acceptors (Lipinski definition) is 3. The number of benzene rings is 1. The predicted octanol–water partition coefficient (Wildman–Crippen LogP) is 3.49. The van der Waals surface area contributed by atoms with Gasteiger partial charge in [0.05, 0.1) is 11.0 Å². The zero-order valence-corrected chi connectivity index (χ0v) is 14.8. The second-order valence-corrected chi connectivity index (χ2v) is 8.34. The molecule has 0 aliphatic rings. The summed E-state index contributed by atoms with van der Waals surface area (Å²) in [5, 5.41) is 5.18. The number of carbonyl (C=O) groups excluding carboxylic acids is 1. The third-order valence-electron chi connectivity index (χ3n) is 3.55. The maximum atomic E-state index is 12.0. The first-order chi connectivity index (χ1) is 10.8. The van der Waals surface area contributed by atoms with Gasteiger partial charge in [0.25, 0.3) is 0 Å². The number of hydrogen-bond donors (Lipinski definition) is 2. The van der Waals surface area contributed by atoms with E-state index in [2.05, 4.69) is 17.2 Å². The molecule has 0 bridgehead atoms. The van der Waals surface area contributed by atoms with E-state index in [1.54, 1.807) is 44.2 Å². The van der Waals surface area contributed by atoms with Gasteiger partial charge in [-0.2, -0.15) is 0 Å². The van der Waals surface area contributed by atoms with Crippen LogP contribution in [0.5, 0.6) is 0 Å². The van der Waals surface area contributed by atoms with Gasteiger partial charge in [-0.25, -0.2) is 13.2 Å². The zero-order chi connectivity index (χ0) is 17.5. The summed E-state index contributed by atoms with van der Waals surface area (Å²) in [6.07, 6.45) is 3.29. The summed E-state index contributed by atoms with van der Waals surface area (Å²) in [7, 11) is -3.17. The summed E-state index contributed by atoms with van der Waals surface area (Å²) in [4.78, 5) is 12.0. The molecular formula is C17H26N2O3S. The fourth-order valence-corrected chi connectivity index (χ4v) is 3.00. The standard InChI is InChI=1S/C17H26N2O3S/c1-5-8-15(6-2)18-17(20)19-16-10-7-9-14(11-16)12-23(21,22)13(3)4/h5,7,9-11,13,15H,1,6,8,12H2,2-4H3,(H2,18,19,20)/t15-/m1/s1. The Morgan fingerprint density at radius 3 is 2.61 bits per heavy atom. The molecule has 2 N–H and O–H groups in total. The normalized spacial score (nSPS) is 12.7. The number of amides is 2. The average molecular weight is 338 g/mol. The van der Waals surface area contributed by atoms with Gasteiger partial charge >= 0.3 is 6.03 Å². The highest BCUT2D eigenvalue weighted by molar-refractivity contribution is 7.91. The van der Waals surface area contributed by atoms with E-state index in [0.29, 0.717) is 17.7 Å². The molecular weight excluding hydrogens is 312 g/mol. The van der Waals surface area contributed by atoms with Crippen molar-refractivity contribution in [2.24, 2.45) is 0 Å². The predicted molar refractivity (Wildman–Crippen MR) is 95.2 cm³/mol. The van der Waals surface area contributed by atoms with Crippen LogP contribution >= 0.6 is 0 Å². The molecule has 0 heterocycles. The van der Waals surface area contributed by atoms with Crippen molar-refractivity contribution in [1.82, 2.24) is 5.32 Å². The fourth-order valence-electron chi connectivity index (χ4n) is 2.02. The number of nitrogens with one attached hydrogen (secondary N) is 2. The monoisotopic (exact) mass is 338 g/mol. The Morgan fingerprint density at radius 2 is 2.04 bits per heavy atom. The van der Waals surface area contributed by atoms with Crippen molar-refractivity contribution in [3.8, 4) is 0 Å². The van der Waals surface area contributed by atoms with Crippen molar-refractivity contribution in [2.75, 3.05) is 5.32 Å². The topological polar surface area (TPSA) is 75.3 Å². The molecule has 0 radical (unpaired) electrons. The van der Waals surface area contributed by atoms with Gasteiger partial charge in [0, 0.05) is 11.7 Å². The molecule has 1 rings (SSSR count). The van der Waals surface area contributed by atoms with Crippen molar-refractivity contribution in [2.45, 2.75) is 50.7 Å². The summed E-state index contributed by atoms with van der Waals surface area (Å²) in [5.41, 5.74) is 1.24. The van der Waals surface area contributed by atoms with E-state index in [1.807, 2.05) is 6.92 Å². The molecule has 5 nitrogen and oxygen atoms in total. The lowest BCUT2D eigenvalue weighted by molar-refractivity contribution is 0.248. The fraction of sp³-hybridized carbons (Fsp3) is 0.471. The molecule has 0 aromatic heterocycles. The minimum atomic E-state index is -3.17. The number of carbonyl (C=O) groups is 1. The minimum absolute atomic E-state index is 0.0319. The van der Waals surface area contributed by atoms with Crippen LogP contribution in [0.25, 0.3) is 0 Å². The van der Waals surface area contributed by atoms with Crippen molar-refractivity contribution in [3.05, 3.63) is 42.5 Å². The van der Waals surface area contributed by atoms with Gasteiger partial charge < -0.3 is 10.6 Å². The third-order valence-corrected chi connectivity index (χ3v) is 5.72. The number of anilines is 1. The van der Waals surface area contributed by atoms with Crippen LogP contribution in [0.3, 0.4) is 0 Å². The highest BCUT2D eigenvalue weighted by atomic mass is 32.2. The quantitative estimate of drug-likeness (QED) is 0.713. The highest BCUT2D eigenvalue weighted by Gasteiger charge is 2.17. The number of sulfone groups is 1. The van der Waals surface area contributed by atoms with E-state index < -0.39 is 15.1 Å². The maximum Gasteiger partial charge on any atom is 0.319 e. The Balaban J connectivity index is 2.74. The molecule has 2 amide bonds. The Morgan fingerprint density at radius 1 is 1.35 bits per heavy atom. The first kappa shape index (κ1) is 19.2. The summed E-state index contributed by atoms with van der Waals surface area (Å²) in [6, 6.07) is 6.64. The Kier molecular flexibility index (Phi) is 7.29. The maximum absolute atomic E-state index is 12.0. The first-order valence-corrected chi connectivity index (χ1v) is 9.49. The minimum Gasteiger partial charge on any atom is -0.335 e. The Labute approximate surface area is 139 Å². The summed E-state index contributed by atoms with van der Waals surface area (Å²) >= 11 is 0. The SMILES string of the molecule is C=CC[C@@H](CC)NC(=O)Nc1cccc(CS(=O)(=O)C(C)C)c1. The Bertz CT molecular complexity index is 639.